The van der Waals surface area contributed by atoms with Crippen molar-refractivity contribution in [3.05, 3.63) is 59.4 Å². The summed E-state index contributed by atoms with van der Waals surface area (Å²) in [4.78, 5) is 3.97. The monoisotopic (exact) mass is 246 g/mol. The van der Waals surface area contributed by atoms with Crippen molar-refractivity contribution >= 4 is 0 Å². The molecule has 0 atom stereocenters. The van der Waals surface area contributed by atoms with Crippen LogP contribution in [-0.4, -0.2) is 4.98 Å². The Hall–Kier alpha value is -2.48. The van der Waals surface area contributed by atoms with Crippen LogP contribution in [0.4, 0.5) is 8.78 Å². The van der Waals surface area contributed by atoms with E-state index < -0.39 is 11.6 Å². The number of ether oxygens (including phenoxy) is 1. The molecule has 0 N–H and O–H groups in total. The maximum Gasteiger partial charge on any atom is 0.167 e. The average molecular weight is 246 g/mol. The van der Waals surface area contributed by atoms with E-state index in [1.807, 2.05) is 6.07 Å². The lowest BCUT2D eigenvalue weighted by atomic mass is 10.3. The third kappa shape index (κ3) is 2.80. The van der Waals surface area contributed by atoms with Gasteiger partial charge in [0.05, 0.1) is 11.3 Å². The molecule has 0 aliphatic rings. The Morgan fingerprint density at radius 3 is 2.67 bits per heavy atom. The molecule has 0 saturated carbocycles. The van der Waals surface area contributed by atoms with Crippen LogP contribution in [0, 0.1) is 23.0 Å². The van der Waals surface area contributed by atoms with Gasteiger partial charge in [0.2, 0.25) is 0 Å². The van der Waals surface area contributed by atoms with E-state index in [9.17, 15) is 8.78 Å². The number of pyridine rings is 1. The summed E-state index contributed by atoms with van der Waals surface area (Å²) >= 11 is 0. The first-order chi connectivity index (χ1) is 8.69. The van der Waals surface area contributed by atoms with Gasteiger partial charge in [0.15, 0.2) is 11.6 Å². The number of hydrogen-bond donors (Lipinski definition) is 0. The third-order valence-corrected chi connectivity index (χ3v) is 2.22. The van der Waals surface area contributed by atoms with E-state index in [4.69, 9.17) is 10.00 Å². The number of nitrogens with zero attached hydrogens (tertiary/aromatic N) is 2. The zero-order chi connectivity index (χ0) is 13.0. The van der Waals surface area contributed by atoms with Crippen LogP contribution in [0.1, 0.15) is 11.3 Å². The summed E-state index contributed by atoms with van der Waals surface area (Å²) in [5.41, 5.74) is 0.990. The second kappa shape index (κ2) is 5.23. The Bertz CT molecular complexity index is 591. The Labute approximate surface area is 102 Å². The molecule has 5 heteroatoms. The molecule has 1 heterocycles. The molecule has 0 unspecified atom stereocenters. The zero-order valence-electron chi connectivity index (χ0n) is 9.23. The topological polar surface area (TPSA) is 45.9 Å². The van der Waals surface area contributed by atoms with Crippen molar-refractivity contribution < 1.29 is 13.5 Å². The van der Waals surface area contributed by atoms with Crippen LogP contribution in [0.5, 0.6) is 5.75 Å². The minimum atomic E-state index is -0.761. The van der Waals surface area contributed by atoms with Crippen LogP contribution in [0.25, 0.3) is 0 Å². The van der Waals surface area contributed by atoms with E-state index in [1.54, 1.807) is 12.1 Å². The van der Waals surface area contributed by atoms with Crippen molar-refractivity contribution in [2.24, 2.45) is 0 Å². The van der Waals surface area contributed by atoms with Crippen LogP contribution < -0.4 is 4.74 Å². The molecule has 0 spiro atoms. The molecule has 0 radical (unpaired) electrons. The van der Waals surface area contributed by atoms with Crippen LogP contribution in [0.3, 0.4) is 0 Å². The highest BCUT2D eigenvalue weighted by Crippen LogP contribution is 2.18. The lowest BCUT2D eigenvalue weighted by molar-refractivity contribution is 0.285. The Morgan fingerprint density at radius 2 is 2.06 bits per heavy atom. The molecule has 1 aromatic carbocycles. The van der Waals surface area contributed by atoms with Crippen molar-refractivity contribution in [1.82, 2.24) is 4.98 Å². The minimum Gasteiger partial charge on any atom is -0.484 e. The molecule has 0 bridgehead atoms. The second-order valence-corrected chi connectivity index (χ2v) is 3.51. The molecule has 2 rings (SSSR count). The largest absolute Gasteiger partial charge is 0.484 e. The van der Waals surface area contributed by atoms with E-state index >= 15 is 0 Å². The van der Waals surface area contributed by atoms with Crippen LogP contribution >= 0.6 is 0 Å². The van der Waals surface area contributed by atoms with Gasteiger partial charge in [-0.3, -0.25) is 4.98 Å². The Morgan fingerprint density at radius 1 is 1.22 bits per heavy atom. The number of nitriles is 1. The number of benzene rings is 1. The van der Waals surface area contributed by atoms with Crippen LogP contribution in [0.15, 0.2) is 36.5 Å². The molecule has 1 aromatic heterocycles. The first-order valence-corrected chi connectivity index (χ1v) is 5.12. The molecule has 0 amide bonds. The lowest BCUT2D eigenvalue weighted by Gasteiger charge is -2.06. The van der Waals surface area contributed by atoms with Gasteiger partial charge < -0.3 is 4.74 Å². The lowest BCUT2D eigenvalue weighted by Crippen LogP contribution is -2.00. The smallest absolute Gasteiger partial charge is 0.167 e. The number of rotatable bonds is 3. The third-order valence-electron chi connectivity index (χ3n) is 2.22. The Balaban J connectivity index is 2.04. The summed E-state index contributed by atoms with van der Waals surface area (Å²) in [7, 11) is 0. The number of hydrogen-bond acceptors (Lipinski definition) is 3. The van der Waals surface area contributed by atoms with Gasteiger partial charge in [0.1, 0.15) is 18.5 Å². The van der Waals surface area contributed by atoms with Gasteiger partial charge in [-0.05, 0) is 24.3 Å². The second-order valence-electron chi connectivity index (χ2n) is 3.51. The molecular weight excluding hydrogens is 238 g/mol. The normalized spacial score (nSPS) is 9.83. The standard InChI is InChI=1S/C13H8F2N2O/c14-10-2-4-13(12(15)5-10)18-8-11-3-1-9(6-16)7-17-11/h1-5,7H,8H2. The van der Waals surface area contributed by atoms with E-state index in [1.165, 1.54) is 12.3 Å². The van der Waals surface area contributed by atoms with E-state index in [-0.39, 0.29) is 12.4 Å². The number of aromatic nitrogens is 1. The van der Waals surface area contributed by atoms with Crippen molar-refractivity contribution in [1.29, 1.82) is 5.26 Å². The van der Waals surface area contributed by atoms with Gasteiger partial charge in [-0.2, -0.15) is 5.26 Å². The molecule has 0 fully saturated rings. The maximum absolute atomic E-state index is 13.2. The fourth-order valence-corrected chi connectivity index (χ4v) is 1.32. The van der Waals surface area contributed by atoms with Gasteiger partial charge in [0.25, 0.3) is 0 Å². The summed E-state index contributed by atoms with van der Waals surface area (Å²) in [5.74, 6) is -1.46. The first-order valence-electron chi connectivity index (χ1n) is 5.12. The highest BCUT2D eigenvalue weighted by Gasteiger charge is 2.05. The highest BCUT2D eigenvalue weighted by molar-refractivity contribution is 5.27. The summed E-state index contributed by atoms with van der Waals surface area (Å²) in [5, 5.41) is 8.59. The molecule has 3 nitrogen and oxygen atoms in total. The Kier molecular flexibility index (Phi) is 3.49. The molecule has 0 saturated heterocycles. The van der Waals surface area contributed by atoms with Crippen molar-refractivity contribution in [2.45, 2.75) is 6.61 Å². The zero-order valence-corrected chi connectivity index (χ0v) is 9.23. The molecule has 90 valence electrons. The van der Waals surface area contributed by atoms with Crippen molar-refractivity contribution in [3.63, 3.8) is 0 Å². The summed E-state index contributed by atoms with van der Waals surface area (Å²) < 4.78 is 31.1. The molecule has 0 aliphatic heterocycles. The summed E-state index contributed by atoms with van der Waals surface area (Å²) in [6, 6.07) is 8.22. The fraction of sp³-hybridized carbons (Fsp3) is 0.0769. The summed E-state index contributed by atoms with van der Waals surface area (Å²) in [6.07, 6.45) is 1.40. The highest BCUT2D eigenvalue weighted by atomic mass is 19.1. The first kappa shape index (κ1) is 12.0. The van der Waals surface area contributed by atoms with E-state index in [0.29, 0.717) is 11.3 Å². The van der Waals surface area contributed by atoms with Gasteiger partial charge in [-0.25, -0.2) is 8.78 Å². The predicted octanol–water partition coefficient (Wildman–Crippen LogP) is 2.81. The maximum atomic E-state index is 13.2. The quantitative estimate of drug-likeness (QED) is 0.836. The van der Waals surface area contributed by atoms with Crippen LogP contribution in [-0.2, 0) is 6.61 Å². The minimum absolute atomic E-state index is 0.0393. The van der Waals surface area contributed by atoms with Crippen LogP contribution in [0.2, 0.25) is 0 Å². The molecular formula is C13H8F2N2O. The van der Waals surface area contributed by atoms with Gasteiger partial charge >= 0.3 is 0 Å². The van der Waals surface area contributed by atoms with Gasteiger partial charge in [0, 0.05) is 12.3 Å². The van der Waals surface area contributed by atoms with Crippen molar-refractivity contribution in [3.8, 4) is 11.8 Å². The van der Waals surface area contributed by atoms with E-state index in [0.717, 1.165) is 12.1 Å². The number of halogens is 2. The molecule has 0 aliphatic carbocycles. The molecule has 2 aromatic rings. The average Bonchev–Trinajstić information content (AvgIpc) is 2.38. The van der Waals surface area contributed by atoms with E-state index in [2.05, 4.69) is 4.98 Å². The fourth-order valence-electron chi connectivity index (χ4n) is 1.32. The predicted molar refractivity (Wildman–Crippen MR) is 59.6 cm³/mol. The van der Waals surface area contributed by atoms with Gasteiger partial charge in [-0.1, -0.05) is 0 Å². The summed E-state index contributed by atoms with van der Waals surface area (Å²) in [6.45, 7) is 0.0499. The molecule has 18 heavy (non-hydrogen) atoms. The van der Waals surface area contributed by atoms with Crippen molar-refractivity contribution in [2.75, 3.05) is 0 Å². The SMILES string of the molecule is N#Cc1ccc(COc2ccc(F)cc2F)nc1. The van der Waals surface area contributed by atoms with Gasteiger partial charge in [-0.15, -0.1) is 0 Å².